The fourth-order valence-corrected chi connectivity index (χ4v) is 1.75. The van der Waals surface area contributed by atoms with Crippen LogP contribution in [-0.4, -0.2) is 23.4 Å². The van der Waals surface area contributed by atoms with Crippen molar-refractivity contribution in [3.63, 3.8) is 0 Å². The van der Waals surface area contributed by atoms with Gasteiger partial charge in [-0.1, -0.05) is 15.9 Å². The van der Waals surface area contributed by atoms with E-state index in [1.807, 2.05) is 6.92 Å². The van der Waals surface area contributed by atoms with Crippen molar-refractivity contribution in [3.05, 3.63) is 32.8 Å². The summed E-state index contributed by atoms with van der Waals surface area (Å²) in [7, 11) is 0. The fourth-order valence-electron chi connectivity index (χ4n) is 1.40. The van der Waals surface area contributed by atoms with Crippen LogP contribution in [0.2, 0.25) is 0 Å². The van der Waals surface area contributed by atoms with Crippen LogP contribution in [0.3, 0.4) is 0 Å². The summed E-state index contributed by atoms with van der Waals surface area (Å²) in [6.07, 6.45) is 0. The van der Waals surface area contributed by atoms with Gasteiger partial charge in [-0.15, -0.1) is 0 Å². The highest BCUT2D eigenvalue weighted by molar-refractivity contribution is 9.10. The van der Waals surface area contributed by atoms with E-state index in [4.69, 9.17) is 0 Å². The number of halogens is 1. The lowest BCUT2D eigenvalue weighted by atomic mass is 10.2. The first-order chi connectivity index (χ1) is 8.45. The first-order valence-corrected chi connectivity index (χ1v) is 6.23. The number of nitro benzene ring substituents is 1. The number of carbonyl (C=O) groups excluding carboxylic acids is 1. The van der Waals surface area contributed by atoms with Crippen molar-refractivity contribution in [2.75, 3.05) is 11.9 Å². The number of anilines is 1. The Balaban J connectivity index is 2.90. The van der Waals surface area contributed by atoms with E-state index in [9.17, 15) is 14.9 Å². The summed E-state index contributed by atoms with van der Waals surface area (Å²) < 4.78 is 0.616. The maximum atomic E-state index is 11.5. The van der Waals surface area contributed by atoms with Crippen LogP contribution in [0.1, 0.15) is 13.8 Å². The number of hydrogen-bond donors (Lipinski definition) is 2. The molecule has 1 aromatic carbocycles. The zero-order valence-corrected chi connectivity index (χ0v) is 11.7. The van der Waals surface area contributed by atoms with Crippen molar-refractivity contribution in [1.29, 1.82) is 0 Å². The summed E-state index contributed by atoms with van der Waals surface area (Å²) in [5, 5.41) is 16.4. The highest BCUT2D eigenvalue weighted by Gasteiger charge is 2.18. The zero-order valence-electron chi connectivity index (χ0n) is 10.1. The molecule has 0 spiro atoms. The van der Waals surface area contributed by atoms with E-state index >= 15 is 0 Å². The van der Waals surface area contributed by atoms with Gasteiger partial charge in [-0.25, -0.2) is 0 Å². The van der Waals surface area contributed by atoms with E-state index in [0.29, 0.717) is 16.7 Å². The summed E-state index contributed by atoms with van der Waals surface area (Å²) in [5.74, 6) is -0.199. The third kappa shape index (κ3) is 3.69. The van der Waals surface area contributed by atoms with Crippen molar-refractivity contribution >= 4 is 33.2 Å². The zero-order chi connectivity index (χ0) is 13.7. The molecule has 1 amide bonds. The predicted octanol–water partition coefficient (Wildman–Crippen LogP) is 2.29. The van der Waals surface area contributed by atoms with E-state index in [0.717, 1.165) is 0 Å². The minimum absolute atomic E-state index is 0.0690. The third-order valence-electron chi connectivity index (χ3n) is 2.27. The molecule has 0 bridgehead atoms. The van der Waals surface area contributed by atoms with Gasteiger partial charge in [0.25, 0.3) is 5.69 Å². The van der Waals surface area contributed by atoms with Crippen molar-refractivity contribution < 1.29 is 9.72 Å². The van der Waals surface area contributed by atoms with Gasteiger partial charge in [-0.05, 0) is 26.0 Å². The highest BCUT2D eigenvalue weighted by atomic mass is 79.9. The number of likely N-dealkylation sites (N-methyl/N-ethyl adjacent to an activating group) is 1. The average molecular weight is 316 g/mol. The van der Waals surface area contributed by atoms with E-state index in [2.05, 4.69) is 26.6 Å². The van der Waals surface area contributed by atoms with Gasteiger partial charge in [-0.2, -0.15) is 0 Å². The molecule has 0 saturated heterocycles. The standard InChI is InChI=1S/C11H14BrN3O3/c1-3-13-11(16)7(2)14-9-5-4-8(12)6-10(9)15(17)18/h4-7,14H,3H2,1-2H3,(H,13,16). The van der Waals surface area contributed by atoms with Gasteiger partial charge in [0.15, 0.2) is 0 Å². The minimum Gasteiger partial charge on any atom is -0.368 e. The Labute approximate surface area is 113 Å². The summed E-state index contributed by atoms with van der Waals surface area (Å²) in [6.45, 7) is 3.98. The molecule has 0 aromatic heterocycles. The molecule has 6 nitrogen and oxygen atoms in total. The Morgan fingerprint density at radius 3 is 2.78 bits per heavy atom. The lowest BCUT2D eigenvalue weighted by Crippen LogP contribution is -2.37. The molecule has 98 valence electrons. The van der Waals surface area contributed by atoms with Crippen LogP contribution in [0.15, 0.2) is 22.7 Å². The van der Waals surface area contributed by atoms with E-state index < -0.39 is 11.0 Å². The molecule has 0 saturated carbocycles. The Kier molecular flexibility index (Phi) is 5.08. The number of carbonyl (C=O) groups is 1. The summed E-state index contributed by atoms with van der Waals surface area (Å²) in [5.41, 5.74) is 0.252. The van der Waals surface area contributed by atoms with E-state index in [1.54, 1.807) is 19.1 Å². The Morgan fingerprint density at radius 1 is 1.56 bits per heavy atom. The van der Waals surface area contributed by atoms with Gasteiger partial charge in [0, 0.05) is 17.1 Å². The van der Waals surface area contributed by atoms with Crippen molar-refractivity contribution in [2.45, 2.75) is 19.9 Å². The highest BCUT2D eigenvalue weighted by Crippen LogP contribution is 2.28. The second-order valence-corrected chi connectivity index (χ2v) is 4.59. The quantitative estimate of drug-likeness (QED) is 0.645. The molecular formula is C11H14BrN3O3. The van der Waals surface area contributed by atoms with Crippen LogP contribution in [0, 0.1) is 10.1 Å². The number of hydrogen-bond acceptors (Lipinski definition) is 4. The first-order valence-electron chi connectivity index (χ1n) is 5.44. The van der Waals surface area contributed by atoms with Gasteiger partial charge in [0.2, 0.25) is 5.91 Å². The number of nitrogens with zero attached hydrogens (tertiary/aromatic N) is 1. The van der Waals surface area contributed by atoms with Gasteiger partial charge in [0.05, 0.1) is 4.92 Å². The molecule has 0 aliphatic carbocycles. The lowest BCUT2D eigenvalue weighted by molar-refractivity contribution is -0.384. The molecule has 1 unspecified atom stereocenters. The third-order valence-corrected chi connectivity index (χ3v) is 2.77. The molecule has 1 atom stereocenters. The van der Waals surface area contributed by atoms with Crippen molar-refractivity contribution in [1.82, 2.24) is 5.32 Å². The smallest absolute Gasteiger partial charge is 0.293 e. The number of rotatable bonds is 5. The first kappa shape index (κ1) is 14.4. The second kappa shape index (κ2) is 6.34. The van der Waals surface area contributed by atoms with Crippen LogP contribution in [0.5, 0.6) is 0 Å². The molecule has 0 heterocycles. The maximum Gasteiger partial charge on any atom is 0.293 e. The summed E-state index contributed by atoms with van der Waals surface area (Å²) in [4.78, 5) is 21.9. The normalized spacial score (nSPS) is 11.7. The molecular weight excluding hydrogens is 302 g/mol. The minimum atomic E-state index is -0.537. The van der Waals surface area contributed by atoms with E-state index in [-0.39, 0.29) is 11.6 Å². The maximum absolute atomic E-state index is 11.5. The molecule has 0 aliphatic heterocycles. The van der Waals surface area contributed by atoms with Crippen LogP contribution in [-0.2, 0) is 4.79 Å². The van der Waals surface area contributed by atoms with E-state index in [1.165, 1.54) is 6.07 Å². The lowest BCUT2D eigenvalue weighted by Gasteiger charge is -2.14. The summed E-state index contributed by atoms with van der Waals surface area (Å²) in [6, 6.07) is 4.11. The van der Waals surface area contributed by atoms with Crippen LogP contribution in [0.25, 0.3) is 0 Å². The van der Waals surface area contributed by atoms with Crippen molar-refractivity contribution in [2.24, 2.45) is 0 Å². The number of nitro groups is 1. The topological polar surface area (TPSA) is 84.3 Å². The number of benzene rings is 1. The molecule has 1 rings (SSSR count). The number of nitrogens with one attached hydrogen (secondary N) is 2. The van der Waals surface area contributed by atoms with Gasteiger partial charge >= 0.3 is 0 Å². The monoisotopic (exact) mass is 315 g/mol. The Bertz CT molecular complexity index is 465. The van der Waals surface area contributed by atoms with Crippen LogP contribution < -0.4 is 10.6 Å². The summed E-state index contributed by atoms with van der Waals surface area (Å²) >= 11 is 3.17. The average Bonchev–Trinajstić information content (AvgIpc) is 2.31. The Morgan fingerprint density at radius 2 is 2.22 bits per heavy atom. The molecule has 0 radical (unpaired) electrons. The van der Waals surface area contributed by atoms with Crippen molar-refractivity contribution in [3.8, 4) is 0 Å². The van der Waals surface area contributed by atoms with Crippen LogP contribution >= 0.6 is 15.9 Å². The largest absolute Gasteiger partial charge is 0.368 e. The molecule has 1 aromatic rings. The molecule has 18 heavy (non-hydrogen) atoms. The Hall–Kier alpha value is -1.63. The van der Waals surface area contributed by atoms with Gasteiger partial charge < -0.3 is 10.6 Å². The molecule has 2 N–H and O–H groups in total. The number of amides is 1. The second-order valence-electron chi connectivity index (χ2n) is 3.68. The van der Waals surface area contributed by atoms with Gasteiger partial charge in [-0.3, -0.25) is 14.9 Å². The molecule has 7 heteroatoms. The molecule has 0 aliphatic rings. The molecule has 0 fully saturated rings. The fraction of sp³-hybridized carbons (Fsp3) is 0.364. The predicted molar refractivity (Wildman–Crippen MR) is 72.6 cm³/mol. The van der Waals surface area contributed by atoms with Crippen LogP contribution in [0.4, 0.5) is 11.4 Å². The SMILES string of the molecule is CCNC(=O)C(C)Nc1ccc(Br)cc1[N+](=O)[O-]. The van der Waals surface area contributed by atoms with Gasteiger partial charge in [0.1, 0.15) is 11.7 Å².